The Kier molecular flexibility index (Phi) is 6.35. The average Bonchev–Trinajstić information content (AvgIpc) is 2.64. The zero-order valence-electron chi connectivity index (χ0n) is 14.1. The molecule has 26 heavy (non-hydrogen) atoms. The van der Waals surface area contributed by atoms with Crippen LogP contribution in [-0.4, -0.2) is 34.6 Å². The van der Waals surface area contributed by atoms with Crippen molar-refractivity contribution < 1.29 is 27.1 Å². The molecule has 8 heteroatoms. The minimum atomic E-state index is -4.12. The van der Waals surface area contributed by atoms with E-state index in [0.717, 1.165) is 35.7 Å². The Balaban J connectivity index is 2.47. The third kappa shape index (κ3) is 4.60. The van der Waals surface area contributed by atoms with Crippen LogP contribution < -0.4 is 9.04 Å². The molecule has 0 aliphatic heterocycles. The topological polar surface area (TPSA) is 72.9 Å². The number of sulfonamides is 1. The minimum absolute atomic E-state index is 0.153. The van der Waals surface area contributed by atoms with Gasteiger partial charge in [0.25, 0.3) is 10.0 Å². The van der Waals surface area contributed by atoms with Crippen LogP contribution in [0.4, 0.5) is 10.1 Å². The molecule has 2 rings (SSSR count). The maximum atomic E-state index is 13.1. The summed E-state index contributed by atoms with van der Waals surface area (Å²) in [6.45, 7) is 3.25. The van der Waals surface area contributed by atoms with Gasteiger partial charge in [-0.1, -0.05) is 18.7 Å². The second-order valence-electron chi connectivity index (χ2n) is 5.14. The summed E-state index contributed by atoms with van der Waals surface area (Å²) in [4.78, 5) is 11.6. The van der Waals surface area contributed by atoms with Gasteiger partial charge in [-0.3, -0.25) is 9.10 Å². The number of anilines is 1. The first kappa shape index (κ1) is 19.5. The van der Waals surface area contributed by atoms with Crippen molar-refractivity contribution in [1.82, 2.24) is 0 Å². The van der Waals surface area contributed by atoms with Gasteiger partial charge in [-0.15, -0.1) is 0 Å². The van der Waals surface area contributed by atoms with E-state index in [2.05, 4.69) is 11.3 Å². The number of nitrogens with zero attached hydrogens (tertiary/aromatic N) is 1. The fraction of sp³-hybridized carbons (Fsp3) is 0.167. The van der Waals surface area contributed by atoms with Crippen LogP contribution in [0.5, 0.6) is 5.75 Å². The smallest absolute Gasteiger partial charge is 0.326 e. The third-order valence-corrected chi connectivity index (χ3v) is 5.16. The van der Waals surface area contributed by atoms with Crippen molar-refractivity contribution in [3.05, 3.63) is 67.0 Å². The number of carbonyl (C=O) groups excluding carboxylic acids is 1. The van der Waals surface area contributed by atoms with Crippen molar-refractivity contribution in [1.29, 1.82) is 0 Å². The van der Waals surface area contributed by atoms with E-state index < -0.39 is 28.4 Å². The largest absolute Gasteiger partial charge is 0.489 e. The third-order valence-electron chi connectivity index (χ3n) is 3.38. The van der Waals surface area contributed by atoms with E-state index in [1.54, 1.807) is 18.2 Å². The normalized spacial score (nSPS) is 10.8. The van der Waals surface area contributed by atoms with Crippen molar-refractivity contribution >= 4 is 21.7 Å². The van der Waals surface area contributed by atoms with Crippen LogP contribution in [0.25, 0.3) is 0 Å². The first-order chi connectivity index (χ1) is 12.4. The van der Waals surface area contributed by atoms with Gasteiger partial charge in [0.2, 0.25) is 0 Å². The van der Waals surface area contributed by atoms with Crippen LogP contribution >= 0.6 is 0 Å². The molecule has 0 heterocycles. The zero-order chi connectivity index (χ0) is 19.2. The summed E-state index contributed by atoms with van der Waals surface area (Å²) in [5.41, 5.74) is 0.210. The Labute approximate surface area is 151 Å². The lowest BCUT2D eigenvalue weighted by molar-refractivity contribution is -0.138. The number of hydrogen-bond donors (Lipinski definition) is 0. The van der Waals surface area contributed by atoms with Gasteiger partial charge < -0.3 is 9.47 Å². The standard InChI is InChI=1S/C18H18FNO5S/c1-3-11-25-16-6-4-5-15(12-16)20(13-18(21)24-2)26(22,23)17-9-7-14(19)8-10-17/h3-10,12H,1,11,13H2,2H3. The summed E-state index contributed by atoms with van der Waals surface area (Å²) < 4.78 is 49.9. The zero-order valence-corrected chi connectivity index (χ0v) is 14.9. The summed E-state index contributed by atoms with van der Waals surface area (Å²) >= 11 is 0. The number of rotatable bonds is 8. The second-order valence-corrected chi connectivity index (χ2v) is 7.00. The molecule has 2 aromatic carbocycles. The van der Waals surface area contributed by atoms with Crippen LogP contribution in [-0.2, 0) is 19.6 Å². The van der Waals surface area contributed by atoms with Gasteiger partial charge in [0.15, 0.2) is 0 Å². The molecule has 0 aliphatic rings. The molecule has 138 valence electrons. The number of methoxy groups -OCH3 is 1. The Bertz CT molecular complexity index is 881. The van der Waals surface area contributed by atoms with Crippen molar-refractivity contribution in [3.63, 3.8) is 0 Å². The number of halogens is 1. The minimum Gasteiger partial charge on any atom is -0.489 e. The molecule has 6 nitrogen and oxygen atoms in total. The summed E-state index contributed by atoms with van der Waals surface area (Å²) in [5, 5.41) is 0. The number of benzene rings is 2. The van der Waals surface area contributed by atoms with Gasteiger partial charge in [-0.2, -0.15) is 0 Å². The molecule has 0 saturated heterocycles. The number of ether oxygens (including phenoxy) is 2. The SMILES string of the molecule is C=CCOc1cccc(N(CC(=O)OC)S(=O)(=O)c2ccc(F)cc2)c1. The molecular weight excluding hydrogens is 361 g/mol. The van der Waals surface area contributed by atoms with E-state index in [-0.39, 0.29) is 17.2 Å². The van der Waals surface area contributed by atoms with Gasteiger partial charge in [0, 0.05) is 6.07 Å². The summed E-state index contributed by atoms with van der Waals surface area (Å²) in [7, 11) is -2.96. The lowest BCUT2D eigenvalue weighted by Crippen LogP contribution is -2.36. The molecule has 0 unspecified atom stereocenters. The first-order valence-electron chi connectivity index (χ1n) is 7.57. The van der Waals surface area contributed by atoms with Gasteiger partial charge in [0.05, 0.1) is 17.7 Å². The van der Waals surface area contributed by atoms with E-state index in [0.29, 0.717) is 5.75 Å². The second kappa shape index (κ2) is 8.48. The van der Waals surface area contributed by atoms with Crippen molar-refractivity contribution in [2.75, 3.05) is 24.6 Å². The molecule has 0 radical (unpaired) electrons. The van der Waals surface area contributed by atoms with Crippen molar-refractivity contribution in [3.8, 4) is 5.75 Å². The summed E-state index contributed by atoms with van der Waals surface area (Å²) in [5.74, 6) is -0.900. The Morgan fingerprint density at radius 3 is 2.54 bits per heavy atom. The highest BCUT2D eigenvalue weighted by atomic mass is 32.2. The van der Waals surface area contributed by atoms with Crippen molar-refractivity contribution in [2.24, 2.45) is 0 Å². The predicted octanol–water partition coefficient (Wildman–Crippen LogP) is 2.76. The van der Waals surface area contributed by atoms with E-state index >= 15 is 0 Å². The molecule has 0 aromatic heterocycles. The summed E-state index contributed by atoms with van der Waals surface area (Å²) in [6, 6.07) is 10.6. The maximum absolute atomic E-state index is 13.1. The van der Waals surface area contributed by atoms with Gasteiger partial charge in [-0.25, -0.2) is 12.8 Å². The number of carbonyl (C=O) groups is 1. The monoisotopic (exact) mass is 379 g/mol. The van der Waals surface area contributed by atoms with Crippen LogP contribution in [0, 0.1) is 5.82 Å². The Morgan fingerprint density at radius 1 is 1.23 bits per heavy atom. The van der Waals surface area contributed by atoms with E-state index in [4.69, 9.17) is 4.74 Å². The number of hydrogen-bond acceptors (Lipinski definition) is 5. The molecule has 0 amide bonds. The molecule has 0 saturated carbocycles. The molecule has 0 bridgehead atoms. The molecule has 2 aromatic rings. The van der Waals surface area contributed by atoms with Crippen LogP contribution in [0.2, 0.25) is 0 Å². The lowest BCUT2D eigenvalue weighted by atomic mass is 10.3. The highest BCUT2D eigenvalue weighted by Crippen LogP contribution is 2.27. The lowest BCUT2D eigenvalue weighted by Gasteiger charge is -2.23. The fourth-order valence-corrected chi connectivity index (χ4v) is 3.52. The Morgan fingerprint density at radius 2 is 1.92 bits per heavy atom. The van der Waals surface area contributed by atoms with Gasteiger partial charge in [-0.05, 0) is 36.4 Å². The summed E-state index contributed by atoms with van der Waals surface area (Å²) in [6.07, 6.45) is 1.55. The van der Waals surface area contributed by atoms with Crippen LogP contribution in [0.1, 0.15) is 0 Å². The van der Waals surface area contributed by atoms with E-state index in [9.17, 15) is 17.6 Å². The quantitative estimate of drug-likeness (QED) is 0.521. The van der Waals surface area contributed by atoms with E-state index in [1.165, 1.54) is 12.1 Å². The average molecular weight is 379 g/mol. The first-order valence-corrected chi connectivity index (χ1v) is 9.01. The fourth-order valence-electron chi connectivity index (χ4n) is 2.11. The number of esters is 1. The highest BCUT2D eigenvalue weighted by molar-refractivity contribution is 7.92. The maximum Gasteiger partial charge on any atom is 0.326 e. The van der Waals surface area contributed by atoms with Crippen LogP contribution in [0.3, 0.4) is 0 Å². The van der Waals surface area contributed by atoms with Gasteiger partial charge >= 0.3 is 5.97 Å². The molecule has 0 spiro atoms. The van der Waals surface area contributed by atoms with Crippen molar-refractivity contribution in [2.45, 2.75) is 4.90 Å². The van der Waals surface area contributed by atoms with Gasteiger partial charge in [0.1, 0.15) is 24.7 Å². The van der Waals surface area contributed by atoms with E-state index in [1.807, 2.05) is 0 Å². The molecule has 0 fully saturated rings. The molecule has 0 N–H and O–H groups in total. The predicted molar refractivity (Wildman–Crippen MR) is 95.1 cm³/mol. The Hall–Kier alpha value is -2.87. The molecular formula is C18H18FNO5S. The highest BCUT2D eigenvalue weighted by Gasteiger charge is 2.28. The van der Waals surface area contributed by atoms with Crippen LogP contribution in [0.15, 0.2) is 66.1 Å². The molecule has 0 aliphatic carbocycles. The molecule has 0 atom stereocenters.